The van der Waals surface area contributed by atoms with Crippen molar-refractivity contribution in [2.45, 2.75) is 0 Å². The van der Waals surface area contributed by atoms with Gasteiger partial charge in [-0.1, -0.05) is 54.6 Å². The van der Waals surface area contributed by atoms with Crippen LogP contribution in [0.15, 0.2) is 60.2 Å². The number of carbonyl (C=O) groups is 3. The van der Waals surface area contributed by atoms with E-state index in [1.165, 1.54) is 0 Å². The van der Waals surface area contributed by atoms with E-state index in [4.69, 9.17) is 0 Å². The van der Waals surface area contributed by atoms with Gasteiger partial charge < -0.3 is 5.11 Å². The van der Waals surface area contributed by atoms with E-state index in [-0.39, 0.29) is 0 Å². The molecule has 1 saturated heterocycles. The summed E-state index contributed by atoms with van der Waals surface area (Å²) in [5.41, 5.74) is 1.72. The first-order valence-corrected chi connectivity index (χ1v) is 6.57. The van der Waals surface area contributed by atoms with E-state index >= 15 is 0 Å². The summed E-state index contributed by atoms with van der Waals surface area (Å²) in [6.45, 7) is 0. The molecule has 2 aromatic carbocycles. The maximum atomic E-state index is 11.6. The fourth-order valence-electron chi connectivity index (χ4n) is 2.25. The van der Waals surface area contributed by atoms with Gasteiger partial charge in [-0.05, 0) is 11.1 Å². The van der Waals surface area contributed by atoms with Crippen LogP contribution in [0.1, 0.15) is 5.56 Å². The van der Waals surface area contributed by atoms with Crippen LogP contribution in [0.5, 0.6) is 0 Å². The van der Waals surface area contributed by atoms with Gasteiger partial charge in [-0.2, -0.15) is 0 Å². The van der Waals surface area contributed by atoms with Crippen LogP contribution >= 0.6 is 0 Å². The molecular weight excluding hydrogens is 282 g/mol. The molecule has 2 amide bonds. The van der Waals surface area contributed by atoms with E-state index in [1.807, 2.05) is 35.6 Å². The van der Waals surface area contributed by atoms with Crippen LogP contribution in [0, 0.1) is 0 Å². The number of aliphatic hydroxyl groups excluding tert-OH is 1. The summed E-state index contributed by atoms with van der Waals surface area (Å²) >= 11 is 0. The largest absolute Gasteiger partial charge is 0.506 e. The Labute approximate surface area is 125 Å². The second-order valence-corrected chi connectivity index (χ2v) is 4.78. The van der Waals surface area contributed by atoms with E-state index < -0.39 is 28.9 Å². The van der Waals surface area contributed by atoms with Crippen LogP contribution < -0.4 is 5.32 Å². The Morgan fingerprint density at radius 1 is 0.773 bits per heavy atom. The highest BCUT2D eigenvalue weighted by atomic mass is 16.3. The summed E-state index contributed by atoms with van der Waals surface area (Å²) in [5, 5.41) is 11.9. The molecule has 0 spiro atoms. The maximum absolute atomic E-state index is 11.6. The van der Waals surface area contributed by atoms with E-state index in [9.17, 15) is 19.5 Å². The highest BCUT2D eigenvalue weighted by Gasteiger charge is 2.37. The molecule has 0 aromatic heterocycles. The third kappa shape index (κ3) is 2.29. The van der Waals surface area contributed by atoms with Gasteiger partial charge >= 0.3 is 0 Å². The zero-order valence-electron chi connectivity index (χ0n) is 11.4. The lowest BCUT2D eigenvalue weighted by molar-refractivity contribution is -0.134. The number of imide groups is 1. The molecule has 0 atom stereocenters. The van der Waals surface area contributed by atoms with Gasteiger partial charge in [0.2, 0.25) is 0 Å². The van der Waals surface area contributed by atoms with Crippen molar-refractivity contribution in [3.05, 3.63) is 65.7 Å². The topological polar surface area (TPSA) is 83.5 Å². The summed E-state index contributed by atoms with van der Waals surface area (Å²) in [6.07, 6.45) is 0. The normalized spacial score (nSPS) is 16.6. The smallest absolute Gasteiger partial charge is 0.299 e. The van der Waals surface area contributed by atoms with E-state index in [1.54, 1.807) is 24.3 Å². The van der Waals surface area contributed by atoms with Gasteiger partial charge in [0.15, 0.2) is 0 Å². The average molecular weight is 293 g/mol. The van der Waals surface area contributed by atoms with Gasteiger partial charge in [0.1, 0.15) is 11.3 Å². The molecule has 0 unspecified atom stereocenters. The molecule has 5 heteroatoms. The predicted molar refractivity (Wildman–Crippen MR) is 79.6 cm³/mol. The summed E-state index contributed by atoms with van der Waals surface area (Å²) in [5.74, 6) is -3.41. The van der Waals surface area contributed by atoms with Crippen molar-refractivity contribution < 1.29 is 19.5 Å². The minimum absolute atomic E-state index is 0.299. The number of aliphatic hydroxyl groups is 1. The molecule has 0 saturated carbocycles. The number of ketones is 1. The molecule has 1 aliphatic rings. The highest BCUT2D eigenvalue weighted by Crippen LogP contribution is 2.24. The van der Waals surface area contributed by atoms with Crippen molar-refractivity contribution in [1.82, 2.24) is 5.32 Å². The van der Waals surface area contributed by atoms with Gasteiger partial charge in [0.25, 0.3) is 17.6 Å². The molecule has 1 fully saturated rings. The summed E-state index contributed by atoms with van der Waals surface area (Å²) in [4.78, 5) is 34.2. The minimum Gasteiger partial charge on any atom is -0.506 e. The van der Waals surface area contributed by atoms with Crippen LogP contribution in [0.4, 0.5) is 0 Å². The van der Waals surface area contributed by atoms with Crippen LogP contribution in [0.25, 0.3) is 16.9 Å². The molecule has 2 aromatic rings. The van der Waals surface area contributed by atoms with Crippen molar-refractivity contribution in [3.8, 4) is 11.1 Å². The number of amides is 2. The summed E-state index contributed by atoms with van der Waals surface area (Å²) in [6, 6.07) is 16.3. The molecule has 0 radical (unpaired) electrons. The van der Waals surface area contributed by atoms with Gasteiger partial charge in [-0.25, -0.2) is 0 Å². The van der Waals surface area contributed by atoms with Crippen molar-refractivity contribution in [2.75, 3.05) is 0 Å². The van der Waals surface area contributed by atoms with Gasteiger partial charge in [-0.15, -0.1) is 0 Å². The van der Waals surface area contributed by atoms with Crippen LogP contribution in [0.2, 0.25) is 0 Å². The number of hydrogen-bond donors (Lipinski definition) is 2. The summed E-state index contributed by atoms with van der Waals surface area (Å²) < 4.78 is 0. The predicted octanol–water partition coefficient (Wildman–Crippen LogP) is 1.85. The van der Waals surface area contributed by atoms with E-state index in [0.29, 0.717) is 5.56 Å². The number of nitrogens with one attached hydrogen (secondary N) is 1. The van der Waals surface area contributed by atoms with Crippen LogP contribution in [-0.2, 0) is 14.4 Å². The van der Waals surface area contributed by atoms with Crippen LogP contribution in [-0.4, -0.2) is 22.7 Å². The first-order valence-electron chi connectivity index (χ1n) is 6.57. The molecule has 0 aliphatic carbocycles. The van der Waals surface area contributed by atoms with Gasteiger partial charge in [0, 0.05) is 5.56 Å². The molecule has 1 heterocycles. The molecule has 108 valence electrons. The number of rotatable bonds is 2. The van der Waals surface area contributed by atoms with Crippen molar-refractivity contribution in [3.63, 3.8) is 0 Å². The number of benzene rings is 2. The Balaban J connectivity index is 1.98. The van der Waals surface area contributed by atoms with Crippen LogP contribution in [0.3, 0.4) is 0 Å². The lowest BCUT2D eigenvalue weighted by Crippen LogP contribution is -2.21. The first kappa shape index (κ1) is 13.8. The second-order valence-electron chi connectivity index (χ2n) is 4.78. The quantitative estimate of drug-likeness (QED) is 0.291. The molecular formula is C17H11NO4. The van der Waals surface area contributed by atoms with Gasteiger partial charge in [-0.3, -0.25) is 19.7 Å². The van der Waals surface area contributed by atoms with Crippen molar-refractivity contribution in [2.24, 2.45) is 0 Å². The zero-order valence-corrected chi connectivity index (χ0v) is 11.4. The Bertz CT molecular complexity index is 804. The maximum Gasteiger partial charge on any atom is 0.299 e. The fourth-order valence-corrected chi connectivity index (χ4v) is 2.25. The zero-order chi connectivity index (χ0) is 15.7. The Morgan fingerprint density at radius 2 is 1.36 bits per heavy atom. The molecule has 5 nitrogen and oxygen atoms in total. The third-order valence-electron chi connectivity index (χ3n) is 3.39. The Hall–Kier alpha value is -3.21. The standard InChI is InChI=1S/C17H11NO4/c19-14(13-15(20)17(22)18-16(13)21)12-8-6-11(7-9-12)10-4-2-1-3-5-10/h1-9,19H,(H,18,21,22). The monoisotopic (exact) mass is 293 g/mol. The van der Waals surface area contributed by atoms with Crippen molar-refractivity contribution >= 4 is 23.4 Å². The van der Waals surface area contributed by atoms with Gasteiger partial charge in [0.05, 0.1) is 0 Å². The molecule has 3 rings (SSSR count). The molecule has 22 heavy (non-hydrogen) atoms. The lowest BCUT2D eigenvalue weighted by atomic mass is 10.0. The first-order chi connectivity index (χ1) is 10.6. The third-order valence-corrected chi connectivity index (χ3v) is 3.39. The summed E-state index contributed by atoms with van der Waals surface area (Å²) in [7, 11) is 0. The molecule has 0 bridgehead atoms. The fraction of sp³-hybridized carbons (Fsp3) is 0. The highest BCUT2D eigenvalue weighted by molar-refractivity contribution is 6.58. The lowest BCUT2D eigenvalue weighted by Gasteiger charge is -2.05. The number of carbonyl (C=O) groups excluding carboxylic acids is 3. The SMILES string of the molecule is O=C1NC(=O)C(=C(O)c2ccc(-c3ccccc3)cc2)C1=O. The Kier molecular flexibility index (Phi) is 3.31. The van der Waals surface area contributed by atoms with E-state index in [0.717, 1.165) is 11.1 Å². The minimum atomic E-state index is -1.02. The molecule has 2 N–H and O–H groups in total. The van der Waals surface area contributed by atoms with E-state index in [2.05, 4.69) is 0 Å². The number of hydrogen-bond acceptors (Lipinski definition) is 4. The Morgan fingerprint density at radius 3 is 1.91 bits per heavy atom. The second kappa shape index (κ2) is 5.29. The average Bonchev–Trinajstić information content (AvgIpc) is 2.80. The van der Waals surface area contributed by atoms with Crippen molar-refractivity contribution in [1.29, 1.82) is 0 Å². The molecule has 1 aliphatic heterocycles. The number of Topliss-reactive ketones (excluding diaryl/α,β-unsaturated/α-hetero) is 1.